The van der Waals surface area contributed by atoms with E-state index in [1.807, 2.05) is 72.5 Å². The van der Waals surface area contributed by atoms with Crippen LogP contribution in [0.3, 0.4) is 0 Å². The van der Waals surface area contributed by atoms with Crippen molar-refractivity contribution in [2.75, 3.05) is 11.4 Å². The molecule has 3 aromatic rings. The summed E-state index contributed by atoms with van der Waals surface area (Å²) in [6, 6.07) is 19.0. The van der Waals surface area contributed by atoms with Crippen LogP contribution in [0.25, 0.3) is 0 Å². The second-order valence-corrected chi connectivity index (χ2v) is 6.40. The van der Waals surface area contributed by atoms with Crippen LogP contribution in [-0.2, 0) is 6.54 Å². The van der Waals surface area contributed by atoms with E-state index in [0.29, 0.717) is 19.0 Å². The first-order valence-electron chi connectivity index (χ1n) is 8.81. The number of para-hydroxylation sites is 1. The molecule has 1 aliphatic heterocycles. The van der Waals surface area contributed by atoms with Gasteiger partial charge >= 0.3 is 0 Å². The van der Waals surface area contributed by atoms with Crippen LogP contribution in [0.1, 0.15) is 29.0 Å². The Morgan fingerprint density at radius 2 is 1.67 bits per heavy atom. The van der Waals surface area contributed by atoms with E-state index in [-0.39, 0.29) is 11.7 Å². The van der Waals surface area contributed by atoms with Crippen LogP contribution in [0.5, 0.6) is 0 Å². The molecule has 0 bridgehead atoms. The van der Waals surface area contributed by atoms with E-state index in [1.165, 1.54) is 4.57 Å². The van der Waals surface area contributed by atoms with Gasteiger partial charge in [-0.25, -0.2) is 0 Å². The van der Waals surface area contributed by atoms with Crippen LogP contribution in [0.4, 0.5) is 11.6 Å². The first-order chi connectivity index (χ1) is 13.1. The van der Waals surface area contributed by atoms with E-state index in [1.54, 1.807) is 0 Å². The number of carbonyl (C=O) groups excluding carboxylic acids is 1. The van der Waals surface area contributed by atoms with Gasteiger partial charge < -0.3 is 10.2 Å². The Balaban J connectivity index is 1.59. The van der Waals surface area contributed by atoms with E-state index in [9.17, 15) is 9.59 Å². The molecule has 7 heteroatoms. The van der Waals surface area contributed by atoms with Gasteiger partial charge in [-0.3, -0.25) is 14.2 Å². The summed E-state index contributed by atoms with van der Waals surface area (Å²) in [5.41, 5.74) is 1.29. The van der Waals surface area contributed by atoms with Gasteiger partial charge in [0.15, 0.2) is 0 Å². The number of amides is 1. The molecule has 1 aliphatic rings. The van der Waals surface area contributed by atoms with E-state index in [2.05, 4.69) is 15.5 Å². The lowest BCUT2D eigenvalue weighted by molar-refractivity contribution is 0.0931. The largest absolute Gasteiger partial charge is 0.344 e. The average molecular weight is 361 g/mol. The fourth-order valence-electron chi connectivity index (χ4n) is 3.20. The van der Waals surface area contributed by atoms with Crippen molar-refractivity contribution < 1.29 is 4.79 Å². The van der Waals surface area contributed by atoms with Crippen LogP contribution in [0, 0.1) is 0 Å². The summed E-state index contributed by atoms with van der Waals surface area (Å²) in [6.07, 6.45) is 0. The number of aromatic nitrogens is 3. The molecule has 1 atom stereocenters. The van der Waals surface area contributed by atoms with E-state index < -0.39 is 11.5 Å². The molecule has 0 spiro atoms. The summed E-state index contributed by atoms with van der Waals surface area (Å²) in [6.45, 7) is 2.94. The molecule has 2 heterocycles. The van der Waals surface area contributed by atoms with Crippen molar-refractivity contribution in [2.45, 2.75) is 19.5 Å². The Hall–Kier alpha value is -3.48. The predicted octanol–water partition coefficient (Wildman–Crippen LogP) is 2.28. The van der Waals surface area contributed by atoms with Gasteiger partial charge in [0.25, 0.3) is 11.5 Å². The molecule has 136 valence electrons. The summed E-state index contributed by atoms with van der Waals surface area (Å²) in [5.74, 6) is -0.0591. The van der Waals surface area contributed by atoms with Crippen molar-refractivity contribution in [1.29, 1.82) is 0 Å². The standard InChI is InChI=1S/C20H19N5O2/c1-14(15-8-4-2-5-9-15)21-18(26)17-19(27)25-13-12-24(20(25)23-22-17)16-10-6-3-7-11-16/h2-11,14H,12-13H2,1H3,(H,21,26)/t14-/m0/s1. The molecule has 1 N–H and O–H groups in total. The molecule has 0 aliphatic carbocycles. The molecular weight excluding hydrogens is 342 g/mol. The highest BCUT2D eigenvalue weighted by Gasteiger charge is 2.27. The van der Waals surface area contributed by atoms with Gasteiger partial charge in [-0.2, -0.15) is 0 Å². The van der Waals surface area contributed by atoms with Crippen LogP contribution < -0.4 is 15.8 Å². The second-order valence-electron chi connectivity index (χ2n) is 6.40. The summed E-state index contributed by atoms with van der Waals surface area (Å²) in [7, 11) is 0. The number of hydrogen-bond donors (Lipinski definition) is 1. The SMILES string of the molecule is C[C@H](NC(=O)c1nnc2n(c1=O)CCN2c1ccccc1)c1ccccc1. The maximum absolute atomic E-state index is 12.8. The summed E-state index contributed by atoms with van der Waals surface area (Å²) in [4.78, 5) is 27.2. The number of anilines is 2. The molecule has 0 unspecified atom stereocenters. The van der Waals surface area contributed by atoms with Crippen molar-refractivity contribution in [3.63, 3.8) is 0 Å². The Bertz CT molecular complexity index is 1020. The molecule has 0 fully saturated rings. The van der Waals surface area contributed by atoms with Gasteiger partial charge in [0.1, 0.15) is 0 Å². The van der Waals surface area contributed by atoms with Crippen molar-refractivity contribution in [1.82, 2.24) is 20.1 Å². The maximum atomic E-state index is 12.8. The maximum Gasteiger partial charge on any atom is 0.286 e. The predicted molar refractivity (Wildman–Crippen MR) is 102 cm³/mol. The zero-order valence-corrected chi connectivity index (χ0v) is 14.9. The van der Waals surface area contributed by atoms with E-state index >= 15 is 0 Å². The van der Waals surface area contributed by atoms with Gasteiger partial charge in [-0.1, -0.05) is 48.5 Å². The minimum absolute atomic E-state index is 0.184. The molecule has 0 saturated carbocycles. The molecule has 1 amide bonds. The topological polar surface area (TPSA) is 80.1 Å². The third-order valence-electron chi connectivity index (χ3n) is 4.65. The fraction of sp³-hybridized carbons (Fsp3) is 0.200. The van der Waals surface area contributed by atoms with Crippen molar-refractivity contribution in [2.24, 2.45) is 0 Å². The quantitative estimate of drug-likeness (QED) is 0.771. The number of benzene rings is 2. The van der Waals surface area contributed by atoms with E-state index in [4.69, 9.17) is 0 Å². The van der Waals surface area contributed by atoms with Crippen LogP contribution in [-0.4, -0.2) is 27.2 Å². The molecule has 0 radical (unpaired) electrons. The fourth-order valence-corrected chi connectivity index (χ4v) is 3.20. The molecule has 7 nitrogen and oxygen atoms in total. The summed E-state index contributed by atoms with van der Waals surface area (Å²) >= 11 is 0. The van der Waals surface area contributed by atoms with Gasteiger partial charge in [0.2, 0.25) is 11.6 Å². The Labute approximate surface area is 156 Å². The highest BCUT2D eigenvalue weighted by atomic mass is 16.2. The summed E-state index contributed by atoms with van der Waals surface area (Å²) < 4.78 is 1.50. The Morgan fingerprint density at radius 3 is 2.37 bits per heavy atom. The molecule has 4 rings (SSSR count). The highest BCUT2D eigenvalue weighted by molar-refractivity contribution is 5.92. The molecule has 0 saturated heterocycles. The van der Waals surface area contributed by atoms with Gasteiger partial charge in [0, 0.05) is 18.8 Å². The average Bonchev–Trinajstić information content (AvgIpc) is 3.14. The van der Waals surface area contributed by atoms with Crippen molar-refractivity contribution in [3.05, 3.63) is 82.3 Å². The zero-order valence-electron chi connectivity index (χ0n) is 14.9. The number of nitrogens with one attached hydrogen (secondary N) is 1. The lowest BCUT2D eigenvalue weighted by Gasteiger charge is -2.17. The van der Waals surface area contributed by atoms with Gasteiger partial charge in [-0.15, -0.1) is 10.2 Å². The number of nitrogens with zero attached hydrogens (tertiary/aromatic N) is 4. The minimum Gasteiger partial charge on any atom is -0.344 e. The third kappa shape index (κ3) is 3.19. The molecular formula is C20H19N5O2. The van der Waals surface area contributed by atoms with Gasteiger partial charge in [-0.05, 0) is 24.6 Å². The normalized spacial score (nSPS) is 13.9. The first kappa shape index (κ1) is 17.0. The summed E-state index contributed by atoms with van der Waals surface area (Å²) in [5, 5.41) is 10.9. The molecule has 1 aromatic heterocycles. The van der Waals surface area contributed by atoms with Crippen molar-refractivity contribution >= 4 is 17.5 Å². The number of carbonyl (C=O) groups is 1. The molecule has 27 heavy (non-hydrogen) atoms. The zero-order chi connectivity index (χ0) is 18.8. The lowest BCUT2D eigenvalue weighted by Crippen LogP contribution is -2.36. The lowest BCUT2D eigenvalue weighted by atomic mass is 10.1. The Morgan fingerprint density at radius 1 is 1.00 bits per heavy atom. The third-order valence-corrected chi connectivity index (χ3v) is 4.65. The second kappa shape index (κ2) is 7.03. The van der Waals surface area contributed by atoms with Crippen molar-refractivity contribution in [3.8, 4) is 0 Å². The first-order valence-corrected chi connectivity index (χ1v) is 8.81. The number of rotatable bonds is 4. The monoisotopic (exact) mass is 361 g/mol. The number of fused-ring (bicyclic) bond motifs is 1. The smallest absolute Gasteiger partial charge is 0.286 e. The highest BCUT2D eigenvalue weighted by Crippen LogP contribution is 2.25. The Kier molecular flexibility index (Phi) is 4.42. The van der Waals surface area contributed by atoms with Gasteiger partial charge in [0.05, 0.1) is 6.04 Å². The van der Waals surface area contributed by atoms with E-state index in [0.717, 1.165) is 11.3 Å². The van der Waals surface area contributed by atoms with Crippen LogP contribution in [0.2, 0.25) is 0 Å². The minimum atomic E-state index is -0.516. The van der Waals surface area contributed by atoms with Crippen LogP contribution in [0.15, 0.2) is 65.5 Å². The van der Waals surface area contributed by atoms with Crippen LogP contribution >= 0.6 is 0 Å². The molecule has 2 aromatic carbocycles. The number of hydrogen-bond acceptors (Lipinski definition) is 5.